The summed E-state index contributed by atoms with van der Waals surface area (Å²) >= 11 is 0. The van der Waals surface area contributed by atoms with Gasteiger partial charge in [0.25, 0.3) is 5.91 Å². The molecule has 5 nitrogen and oxygen atoms in total. The van der Waals surface area contributed by atoms with Crippen LogP contribution in [0.4, 0.5) is 5.69 Å². The summed E-state index contributed by atoms with van der Waals surface area (Å²) < 4.78 is 5.62. The van der Waals surface area contributed by atoms with Crippen LogP contribution in [0.15, 0.2) is 24.3 Å². The number of nitrogens with one attached hydrogen (secondary N) is 1. The number of benzene rings is 1. The maximum absolute atomic E-state index is 12.3. The van der Waals surface area contributed by atoms with Crippen LogP contribution < -0.4 is 11.3 Å². The highest BCUT2D eigenvalue weighted by atomic mass is 16.5. The fourth-order valence-electron chi connectivity index (χ4n) is 2.24. The van der Waals surface area contributed by atoms with Gasteiger partial charge in [0, 0.05) is 24.3 Å². The van der Waals surface area contributed by atoms with Crippen molar-refractivity contribution in [2.24, 2.45) is 5.84 Å². The highest BCUT2D eigenvalue weighted by Crippen LogP contribution is 2.15. The number of nitrogens with zero attached hydrogens (tertiary/aromatic N) is 1. The molecule has 1 aliphatic heterocycles. The molecule has 0 unspecified atom stereocenters. The van der Waals surface area contributed by atoms with Crippen molar-refractivity contribution in [2.75, 3.05) is 18.5 Å². The first-order valence-electron chi connectivity index (χ1n) is 6.11. The summed E-state index contributed by atoms with van der Waals surface area (Å²) in [6.45, 7) is 5.24. The lowest BCUT2D eigenvalue weighted by Gasteiger charge is -2.35. The smallest absolute Gasteiger partial charge is 0.254 e. The molecule has 3 N–H and O–H groups in total. The highest BCUT2D eigenvalue weighted by Gasteiger charge is 2.26. The molecule has 0 saturated carbocycles. The molecule has 0 aromatic heterocycles. The van der Waals surface area contributed by atoms with Gasteiger partial charge in [0.2, 0.25) is 0 Å². The van der Waals surface area contributed by atoms with E-state index in [4.69, 9.17) is 10.6 Å². The summed E-state index contributed by atoms with van der Waals surface area (Å²) in [5.41, 5.74) is 4.01. The van der Waals surface area contributed by atoms with Gasteiger partial charge in [0.15, 0.2) is 0 Å². The second-order valence-electron chi connectivity index (χ2n) is 4.69. The van der Waals surface area contributed by atoms with Gasteiger partial charge in [-0.1, -0.05) is 0 Å². The minimum atomic E-state index is 0.0422. The Morgan fingerprint density at radius 2 is 1.83 bits per heavy atom. The minimum absolute atomic E-state index is 0.0422. The van der Waals surface area contributed by atoms with E-state index in [-0.39, 0.29) is 18.1 Å². The number of anilines is 1. The number of nitrogen functional groups attached to an aromatic ring is 1. The Labute approximate surface area is 107 Å². The van der Waals surface area contributed by atoms with Crippen molar-refractivity contribution >= 4 is 11.6 Å². The Morgan fingerprint density at radius 3 is 2.33 bits per heavy atom. The molecule has 1 saturated heterocycles. The number of hydrazine groups is 1. The molecule has 5 heteroatoms. The summed E-state index contributed by atoms with van der Waals surface area (Å²) in [7, 11) is 0. The predicted molar refractivity (Wildman–Crippen MR) is 70.2 cm³/mol. The first kappa shape index (κ1) is 12.9. The molecular formula is C13H19N3O2. The SMILES string of the molecule is C[C@@H]1CN(C(=O)c2ccc(NN)cc2)C[C@H](C)O1. The van der Waals surface area contributed by atoms with Crippen LogP contribution in [0.2, 0.25) is 0 Å². The van der Waals surface area contributed by atoms with Crippen LogP contribution in [0, 0.1) is 0 Å². The quantitative estimate of drug-likeness (QED) is 0.611. The number of morpholine rings is 1. The predicted octanol–water partition coefficient (Wildman–Crippen LogP) is 1.22. The Balaban J connectivity index is 2.09. The fourth-order valence-corrected chi connectivity index (χ4v) is 2.24. The van der Waals surface area contributed by atoms with Crippen molar-refractivity contribution in [3.63, 3.8) is 0 Å². The van der Waals surface area contributed by atoms with E-state index in [1.54, 1.807) is 24.3 Å². The Kier molecular flexibility index (Phi) is 3.84. The zero-order chi connectivity index (χ0) is 13.1. The van der Waals surface area contributed by atoms with Gasteiger partial charge in [-0.2, -0.15) is 0 Å². The van der Waals surface area contributed by atoms with E-state index in [9.17, 15) is 4.79 Å². The Morgan fingerprint density at radius 1 is 1.28 bits per heavy atom. The fraction of sp³-hybridized carbons (Fsp3) is 0.462. The summed E-state index contributed by atoms with van der Waals surface area (Å²) in [6.07, 6.45) is 0.172. The summed E-state index contributed by atoms with van der Waals surface area (Å²) in [6, 6.07) is 7.14. The lowest BCUT2D eigenvalue weighted by molar-refractivity contribution is -0.0586. The Bertz CT molecular complexity index is 409. The molecule has 1 amide bonds. The second kappa shape index (κ2) is 5.37. The van der Waals surface area contributed by atoms with E-state index in [0.29, 0.717) is 18.7 Å². The molecule has 0 bridgehead atoms. The van der Waals surface area contributed by atoms with Gasteiger partial charge in [-0.25, -0.2) is 0 Å². The summed E-state index contributed by atoms with van der Waals surface area (Å²) in [5.74, 6) is 5.34. The van der Waals surface area contributed by atoms with E-state index < -0.39 is 0 Å². The molecule has 1 aliphatic rings. The molecule has 2 atom stereocenters. The number of nitrogens with two attached hydrogens (primary N) is 1. The largest absolute Gasteiger partial charge is 0.372 e. The van der Waals surface area contributed by atoms with Gasteiger partial charge in [0.05, 0.1) is 12.2 Å². The van der Waals surface area contributed by atoms with E-state index in [2.05, 4.69) is 5.43 Å². The molecule has 0 spiro atoms. The van der Waals surface area contributed by atoms with E-state index >= 15 is 0 Å². The molecule has 1 aromatic rings. The van der Waals surface area contributed by atoms with Gasteiger partial charge >= 0.3 is 0 Å². The molecule has 1 aromatic carbocycles. The third-order valence-corrected chi connectivity index (χ3v) is 3.01. The lowest BCUT2D eigenvalue weighted by atomic mass is 10.1. The van der Waals surface area contributed by atoms with Crippen molar-refractivity contribution in [2.45, 2.75) is 26.1 Å². The number of hydrogen-bond acceptors (Lipinski definition) is 4. The van der Waals surface area contributed by atoms with E-state index in [1.165, 1.54) is 0 Å². The van der Waals surface area contributed by atoms with Crippen LogP contribution in [0.25, 0.3) is 0 Å². The molecule has 18 heavy (non-hydrogen) atoms. The molecule has 98 valence electrons. The second-order valence-corrected chi connectivity index (χ2v) is 4.69. The first-order valence-corrected chi connectivity index (χ1v) is 6.11. The number of amides is 1. The first-order chi connectivity index (χ1) is 8.60. The topological polar surface area (TPSA) is 67.6 Å². The number of hydrogen-bond donors (Lipinski definition) is 2. The van der Waals surface area contributed by atoms with Crippen molar-refractivity contribution in [3.05, 3.63) is 29.8 Å². The number of rotatable bonds is 2. The zero-order valence-electron chi connectivity index (χ0n) is 10.7. The maximum atomic E-state index is 12.3. The number of carbonyl (C=O) groups excluding carboxylic acids is 1. The standard InChI is InChI=1S/C13H19N3O2/c1-9-7-16(8-10(2)18-9)13(17)11-3-5-12(15-14)6-4-11/h3-6,9-10,15H,7-8,14H2,1-2H3/t9-,10+. The lowest BCUT2D eigenvalue weighted by Crippen LogP contribution is -2.48. The van der Waals surface area contributed by atoms with Gasteiger partial charge in [0.1, 0.15) is 0 Å². The molecule has 1 fully saturated rings. The summed E-state index contributed by atoms with van der Waals surface area (Å²) in [5, 5.41) is 0. The third kappa shape index (κ3) is 2.80. The normalized spacial score (nSPS) is 23.8. The van der Waals surface area contributed by atoms with Crippen LogP contribution in [0.1, 0.15) is 24.2 Å². The van der Waals surface area contributed by atoms with Crippen LogP contribution in [-0.4, -0.2) is 36.1 Å². The van der Waals surface area contributed by atoms with Gasteiger partial charge in [-0.05, 0) is 38.1 Å². The average Bonchev–Trinajstić information content (AvgIpc) is 2.37. The van der Waals surface area contributed by atoms with Crippen LogP contribution in [-0.2, 0) is 4.74 Å². The monoisotopic (exact) mass is 249 g/mol. The molecular weight excluding hydrogens is 230 g/mol. The maximum Gasteiger partial charge on any atom is 0.254 e. The molecule has 0 aliphatic carbocycles. The van der Waals surface area contributed by atoms with E-state index in [1.807, 2.05) is 18.7 Å². The molecule has 1 heterocycles. The Hall–Kier alpha value is -1.59. The summed E-state index contributed by atoms with van der Waals surface area (Å²) in [4.78, 5) is 14.1. The average molecular weight is 249 g/mol. The van der Waals surface area contributed by atoms with Crippen LogP contribution >= 0.6 is 0 Å². The number of carbonyl (C=O) groups is 1. The van der Waals surface area contributed by atoms with Crippen LogP contribution in [0.5, 0.6) is 0 Å². The molecule has 0 radical (unpaired) electrons. The molecule has 2 rings (SSSR count). The van der Waals surface area contributed by atoms with Crippen molar-refractivity contribution in [1.29, 1.82) is 0 Å². The third-order valence-electron chi connectivity index (χ3n) is 3.01. The van der Waals surface area contributed by atoms with Crippen molar-refractivity contribution < 1.29 is 9.53 Å². The van der Waals surface area contributed by atoms with E-state index in [0.717, 1.165) is 5.69 Å². The highest BCUT2D eigenvalue weighted by molar-refractivity contribution is 5.94. The van der Waals surface area contributed by atoms with Gasteiger partial charge in [-0.3, -0.25) is 10.6 Å². The van der Waals surface area contributed by atoms with Gasteiger partial charge in [-0.15, -0.1) is 0 Å². The van der Waals surface area contributed by atoms with Crippen LogP contribution in [0.3, 0.4) is 0 Å². The minimum Gasteiger partial charge on any atom is -0.372 e. The van der Waals surface area contributed by atoms with Crippen molar-refractivity contribution in [3.8, 4) is 0 Å². The number of ether oxygens (including phenoxy) is 1. The van der Waals surface area contributed by atoms with Gasteiger partial charge < -0.3 is 15.1 Å². The zero-order valence-corrected chi connectivity index (χ0v) is 10.7. The van der Waals surface area contributed by atoms with Crippen molar-refractivity contribution in [1.82, 2.24) is 4.90 Å².